The molecule has 1 atom stereocenters. The van der Waals surface area contributed by atoms with Gasteiger partial charge in [-0.05, 0) is 24.1 Å². The Morgan fingerprint density at radius 3 is 3.05 bits per heavy atom. The van der Waals surface area contributed by atoms with Crippen LogP contribution in [0.3, 0.4) is 0 Å². The summed E-state index contributed by atoms with van der Waals surface area (Å²) in [6, 6.07) is 7.17. The summed E-state index contributed by atoms with van der Waals surface area (Å²) in [6.45, 7) is 5.83. The zero-order chi connectivity index (χ0) is 14.7. The van der Waals surface area contributed by atoms with E-state index < -0.39 is 0 Å². The third-order valence-corrected chi connectivity index (χ3v) is 4.98. The lowest BCUT2D eigenvalue weighted by Crippen LogP contribution is -2.45. The second-order valence-corrected chi connectivity index (χ2v) is 6.52. The Morgan fingerprint density at radius 1 is 1.45 bits per heavy atom. The van der Waals surface area contributed by atoms with Crippen LogP contribution in [0, 0.1) is 5.82 Å². The Morgan fingerprint density at radius 2 is 2.32 bits per heavy atom. The van der Waals surface area contributed by atoms with E-state index in [-0.39, 0.29) is 24.3 Å². The number of hydrogen-bond acceptors (Lipinski definition) is 4. The molecule has 1 aromatic heterocycles. The molecular weight excluding hydrogens is 321 g/mol. The first kappa shape index (κ1) is 17.3. The van der Waals surface area contributed by atoms with Gasteiger partial charge in [-0.3, -0.25) is 4.90 Å². The molecule has 2 heterocycles. The van der Waals surface area contributed by atoms with Crippen molar-refractivity contribution in [1.82, 2.24) is 15.2 Å². The molecule has 1 aliphatic rings. The van der Waals surface area contributed by atoms with Crippen molar-refractivity contribution >= 4 is 23.7 Å². The number of halogens is 2. The fourth-order valence-electron chi connectivity index (χ4n) is 2.76. The summed E-state index contributed by atoms with van der Waals surface area (Å²) in [7, 11) is 0. The molecule has 0 radical (unpaired) electrons. The number of piperazine rings is 1. The Bertz CT molecular complexity index is 605. The molecule has 1 saturated heterocycles. The Kier molecular flexibility index (Phi) is 6.32. The zero-order valence-electron chi connectivity index (χ0n) is 12.6. The second kappa shape index (κ2) is 8.02. The fraction of sp³-hybridized carbons (Fsp3) is 0.438. The van der Waals surface area contributed by atoms with Crippen LogP contribution in [0.25, 0.3) is 0 Å². The van der Waals surface area contributed by atoms with Crippen molar-refractivity contribution in [3.8, 4) is 0 Å². The van der Waals surface area contributed by atoms with Crippen molar-refractivity contribution in [2.75, 3.05) is 19.6 Å². The maximum Gasteiger partial charge on any atom is 0.123 e. The molecule has 1 aliphatic heterocycles. The van der Waals surface area contributed by atoms with E-state index in [9.17, 15) is 4.39 Å². The summed E-state index contributed by atoms with van der Waals surface area (Å²) in [5.41, 5.74) is 1.04. The van der Waals surface area contributed by atoms with E-state index in [0.29, 0.717) is 0 Å². The molecule has 1 N–H and O–H groups in total. The average Bonchev–Trinajstić information content (AvgIpc) is 2.95. The standard InChI is InChI=1S/C16H20FN3S.ClH/c1-2-16-19-9-14(21-16)11-20-7-6-18-10-15(20)12-4-3-5-13(17)8-12;/h3-5,8-9,15,18H,2,6-7,10-11H2,1H3;1H. The first-order valence-electron chi connectivity index (χ1n) is 7.40. The van der Waals surface area contributed by atoms with Crippen molar-refractivity contribution in [3.05, 3.63) is 51.7 Å². The Hall–Kier alpha value is -1.01. The van der Waals surface area contributed by atoms with E-state index in [1.807, 2.05) is 12.3 Å². The van der Waals surface area contributed by atoms with Gasteiger partial charge in [0, 0.05) is 43.3 Å². The summed E-state index contributed by atoms with van der Waals surface area (Å²) in [5.74, 6) is -0.163. The molecule has 1 aromatic carbocycles. The van der Waals surface area contributed by atoms with Gasteiger partial charge < -0.3 is 5.32 Å². The maximum absolute atomic E-state index is 13.5. The first-order chi connectivity index (χ1) is 10.3. The van der Waals surface area contributed by atoms with Crippen LogP contribution >= 0.6 is 23.7 Å². The molecule has 0 bridgehead atoms. The average molecular weight is 342 g/mol. The van der Waals surface area contributed by atoms with E-state index in [2.05, 4.69) is 22.1 Å². The highest BCUT2D eigenvalue weighted by atomic mass is 35.5. The van der Waals surface area contributed by atoms with Gasteiger partial charge in [0.25, 0.3) is 0 Å². The van der Waals surface area contributed by atoms with Crippen molar-refractivity contribution in [2.45, 2.75) is 25.9 Å². The summed E-state index contributed by atoms with van der Waals surface area (Å²) >= 11 is 1.78. The summed E-state index contributed by atoms with van der Waals surface area (Å²) in [6.07, 6.45) is 2.97. The summed E-state index contributed by atoms with van der Waals surface area (Å²) < 4.78 is 13.5. The molecule has 1 fully saturated rings. The third-order valence-electron chi connectivity index (χ3n) is 3.85. The molecule has 1 unspecified atom stereocenters. The van der Waals surface area contributed by atoms with Gasteiger partial charge in [0.05, 0.1) is 5.01 Å². The molecule has 6 heteroatoms. The van der Waals surface area contributed by atoms with Crippen LogP contribution in [0.2, 0.25) is 0 Å². The quantitative estimate of drug-likeness (QED) is 0.923. The lowest BCUT2D eigenvalue weighted by Gasteiger charge is -2.36. The van der Waals surface area contributed by atoms with Crippen molar-refractivity contribution in [3.63, 3.8) is 0 Å². The van der Waals surface area contributed by atoms with Crippen LogP contribution in [-0.4, -0.2) is 29.5 Å². The second-order valence-electron chi connectivity index (χ2n) is 5.32. The van der Waals surface area contributed by atoms with E-state index in [1.165, 1.54) is 16.0 Å². The minimum Gasteiger partial charge on any atom is -0.314 e. The van der Waals surface area contributed by atoms with Gasteiger partial charge in [-0.1, -0.05) is 19.1 Å². The van der Waals surface area contributed by atoms with Crippen LogP contribution in [0.1, 0.15) is 28.4 Å². The van der Waals surface area contributed by atoms with Gasteiger partial charge in [0.2, 0.25) is 0 Å². The highest BCUT2D eigenvalue weighted by molar-refractivity contribution is 7.11. The Balaban J connectivity index is 0.00000176. The molecule has 0 spiro atoms. The smallest absolute Gasteiger partial charge is 0.123 e. The van der Waals surface area contributed by atoms with E-state index in [1.54, 1.807) is 23.5 Å². The lowest BCUT2D eigenvalue weighted by atomic mass is 10.0. The predicted octanol–water partition coefficient (Wildman–Crippen LogP) is 3.41. The highest BCUT2D eigenvalue weighted by Crippen LogP contribution is 2.26. The SMILES string of the molecule is CCc1ncc(CN2CCNCC2c2cccc(F)c2)s1.Cl. The molecule has 0 amide bonds. The van der Waals surface area contributed by atoms with Crippen molar-refractivity contribution in [1.29, 1.82) is 0 Å². The van der Waals surface area contributed by atoms with E-state index >= 15 is 0 Å². The molecule has 22 heavy (non-hydrogen) atoms. The van der Waals surface area contributed by atoms with E-state index in [4.69, 9.17) is 0 Å². The van der Waals surface area contributed by atoms with Gasteiger partial charge in [-0.2, -0.15) is 0 Å². The highest BCUT2D eigenvalue weighted by Gasteiger charge is 2.24. The van der Waals surface area contributed by atoms with Gasteiger partial charge in [0.15, 0.2) is 0 Å². The van der Waals surface area contributed by atoms with Crippen LogP contribution in [0.4, 0.5) is 4.39 Å². The molecule has 3 rings (SSSR count). The monoisotopic (exact) mass is 341 g/mol. The van der Waals surface area contributed by atoms with Gasteiger partial charge in [-0.25, -0.2) is 9.37 Å². The number of aryl methyl sites for hydroxylation is 1. The van der Waals surface area contributed by atoms with Crippen molar-refractivity contribution < 1.29 is 4.39 Å². The Labute approximate surface area is 141 Å². The van der Waals surface area contributed by atoms with E-state index in [0.717, 1.165) is 38.2 Å². The minimum atomic E-state index is -0.163. The normalized spacial score (nSPS) is 18.9. The van der Waals surface area contributed by atoms with Crippen LogP contribution in [0.15, 0.2) is 30.5 Å². The number of aromatic nitrogens is 1. The summed E-state index contributed by atoms with van der Waals surface area (Å²) in [4.78, 5) is 8.13. The number of nitrogens with zero attached hydrogens (tertiary/aromatic N) is 2. The number of nitrogens with one attached hydrogen (secondary N) is 1. The van der Waals surface area contributed by atoms with Crippen LogP contribution in [-0.2, 0) is 13.0 Å². The van der Waals surface area contributed by atoms with Gasteiger partial charge >= 0.3 is 0 Å². The third kappa shape index (κ3) is 4.04. The van der Waals surface area contributed by atoms with Crippen molar-refractivity contribution in [2.24, 2.45) is 0 Å². The number of rotatable bonds is 4. The number of benzene rings is 1. The number of thiazole rings is 1. The van der Waals surface area contributed by atoms with Gasteiger partial charge in [-0.15, -0.1) is 23.7 Å². The predicted molar refractivity (Wildman–Crippen MR) is 91.2 cm³/mol. The lowest BCUT2D eigenvalue weighted by molar-refractivity contribution is 0.155. The van der Waals surface area contributed by atoms with Gasteiger partial charge in [0.1, 0.15) is 5.82 Å². The molecule has 0 aliphatic carbocycles. The molecule has 2 aromatic rings. The fourth-order valence-corrected chi connectivity index (χ4v) is 3.65. The van der Waals surface area contributed by atoms with Crippen LogP contribution < -0.4 is 5.32 Å². The maximum atomic E-state index is 13.5. The zero-order valence-corrected chi connectivity index (χ0v) is 14.2. The molecule has 3 nitrogen and oxygen atoms in total. The minimum absolute atomic E-state index is 0. The molecule has 120 valence electrons. The molecule has 0 saturated carbocycles. The summed E-state index contributed by atoms with van der Waals surface area (Å²) in [5, 5.41) is 4.59. The topological polar surface area (TPSA) is 28.2 Å². The van der Waals surface area contributed by atoms with Crippen LogP contribution in [0.5, 0.6) is 0 Å². The number of hydrogen-bond donors (Lipinski definition) is 1. The first-order valence-corrected chi connectivity index (χ1v) is 8.21. The molecular formula is C16H21ClFN3S. The largest absolute Gasteiger partial charge is 0.314 e.